The standard InChI is InChI=1S/C22H25F2N3O3/c1-14-9-18(16(3)27(14)15(2)13-29-4)10-19(11-25)21(28)26-12-17-5-7-20(8-6-17)30-22(23)24/h5-10,15,22H,12-13H2,1-4H3,(H,26,28)/b19-10-. The predicted octanol–water partition coefficient (Wildman–Crippen LogP) is 4.14. The molecule has 0 fully saturated rings. The highest BCUT2D eigenvalue weighted by Gasteiger charge is 2.16. The van der Waals surface area contributed by atoms with E-state index in [9.17, 15) is 18.8 Å². The number of nitrogens with zero attached hydrogens (tertiary/aromatic N) is 2. The monoisotopic (exact) mass is 417 g/mol. The zero-order chi connectivity index (χ0) is 22.3. The Morgan fingerprint density at radius 1 is 1.30 bits per heavy atom. The highest BCUT2D eigenvalue weighted by atomic mass is 19.3. The van der Waals surface area contributed by atoms with Crippen molar-refractivity contribution in [1.29, 1.82) is 5.26 Å². The van der Waals surface area contributed by atoms with Crippen LogP contribution in [0, 0.1) is 25.2 Å². The minimum atomic E-state index is -2.89. The molecule has 1 atom stereocenters. The molecule has 0 spiro atoms. The zero-order valence-electron chi connectivity index (χ0n) is 17.4. The molecule has 0 aliphatic rings. The number of nitrogens with one attached hydrogen (secondary N) is 1. The van der Waals surface area contributed by atoms with Crippen LogP contribution in [0.1, 0.15) is 35.5 Å². The van der Waals surface area contributed by atoms with E-state index in [1.54, 1.807) is 25.3 Å². The molecule has 1 aromatic heterocycles. The zero-order valence-corrected chi connectivity index (χ0v) is 17.4. The van der Waals surface area contributed by atoms with Crippen molar-refractivity contribution in [2.45, 2.75) is 40.0 Å². The quantitative estimate of drug-likeness (QED) is 0.492. The van der Waals surface area contributed by atoms with E-state index >= 15 is 0 Å². The number of carbonyl (C=O) groups excluding carboxylic acids is 1. The Morgan fingerprint density at radius 2 is 1.97 bits per heavy atom. The van der Waals surface area contributed by atoms with Crippen LogP contribution in [0.4, 0.5) is 8.78 Å². The lowest BCUT2D eigenvalue weighted by Crippen LogP contribution is -2.24. The smallest absolute Gasteiger partial charge is 0.387 e. The largest absolute Gasteiger partial charge is 0.435 e. The molecule has 1 aromatic carbocycles. The van der Waals surface area contributed by atoms with E-state index in [0.29, 0.717) is 12.2 Å². The Bertz CT molecular complexity index is 944. The fraction of sp³-hybridized carbons (Fsp3) is 0.364. The lowest BCUT2D eigenvalue weighted by Gasteiger charge is -2.17. The van der Waals surface area contributed by atoms with E-state index < -0.39 is 12.5 Å². The molecule has 1 N–H and O–H groups in total. The summed E-state index contributed by atoms with van der Waals surface area (Å²) in [7, 11) is 1.64. The summed E-state index contributed by atoms with van der Waals surface area (Å²) in [6.45, 7) is 3.73. The van der Waals surface area contributed by atoms with E-state index in [0.717, 1.165) is 17.0 Å². The third-order valence-electron chi connectivity index (χ3n) is 4.64. The van der Waals surface area contributed by atoms with E-state index in [2.05, 4.69) is 14.6 Å². The second-order valence-corrected chi connectivity index (χ2v) is 6.88. The van der Waals surface area contributed by atoms with Crippen molar-refractivity contribution < 1.29 is 23.0 Å². The van der Waals surface area contributed by atoms with Gasteiger partial charge in [0.15, 0.2) is 0 Å². The van der Waals surface area contributed by atoms with Gasteiger partial charge < -0.3 is 19.4 Å². The number of amides is 1. The summed E-state index contributed by atoms with van der Waals surface area (Å²) in [4.78, 5) is 12.5. The summed E-state index contributed by atoms with van der Waals surface area (Å²) in [6, 6.07) is 9.91. The summed E-state index contributed by atoms with van der Waals surface area (Å²) in [6.07, 6.45) is 1.56. The predicted molar refractivity (Wildman–Crippen MR) is 109 cm³/mol. The van der Waals surface area contributed by atoms with Crippen LogP contribution in [-0.4, -0.2) is 30.8 Å². The third kappa shape index (κ3) is 5.91. The molecule has 0 radical (unpaired) electrons. The average Bonchev–Trinajstić information content (AvgIpc) is 2.98. The van der Waals surface area contributed by atoms with Crippen molar-refractivity contribution in [3.8, 4) is 11.8 Å². The molecule has 30 heavy (non-hydrogen) atoms. The number of hydrogen-bond donors (Lipinski definition) is 1. The molecule has 0 saturated carbocycles. The fourth-order valence-corrected chi connectivity index (χ4v) is 3.31. The maximum absolute atomic E-state index is 12.5. The average molecular weight is 417 g/mol. The molecular weight excluding hydrogens is 392 g/mol. The number of methoxy groups -OCH3 is 1. The van der Waals surface area contributed by atoms with Gasteiger partial charge in [0, 0.05) is 25.0 Å². The van der Waals surface area contributed by atoms with Gasteiger partial charge in [0.2, 0.25) is 0 Å². The Hall–Kier alpha value is -3.18. The number of halogens is 2. The molecule has 6 nitrogen and oxygen atoms in total. The van der Waals surface area contributed by atoms with Gasteiger partial charge in [-0.1, -0.05) is 12.1 Å². The minimum absolute atomic E-state index is 0.0210. The Balaban J connectivity index is 2.10. The number of benzene rings is 1. The molecule has 1 unspecified atom stereocenters. The van der Waals surface area contributed by atoms with Crippen LogP contribution in [0.2, 0.25) is 0 Å². The van der Waals surface area contributed by atoms with Crippen LogP contribution in [0.15, 0.2) is 35.9 Å². The lowest BCUT2D eigenvalue weighted by molar-refractivity contribution is -0.117. The van der Waals surface area contributed by atoms with E-state index in [4.69, 9.17) is 4.74 Å². The number of rotatable bonds is 9. The van der Waals surface area contributed by atoms with Gasteiger partial charge >= 0.3 is 6.61 Å². The molecule has 8 heteroatoms. The number of hydrogen-bond acceptors (Lipinski definition) is 4. The minimum Gasteiger partial charge on any atom is -0.435 e. The van der Waals surface area contributed by atoms with Crippen LogP contribution in [-0.2, 0) is 16.1 Å². The number of carbonyl (C=O) groups is 1. The maximum atomic E-state index is 12.5. The first kappa shape index (κ1) is 23.1. The molecule has 0 aliphatic heterocycles. The van der Waals surface area contributed by atoms with Crippen LogP contribution in [0.25, 0.3) is 6.08 Å². The van der Waals surface area contributed by atoms with Crippen molar-refractivity contribution in [2.24, 2.45) is 0 Å². The molecule has 0 saturated heterocycles. The number of aromatic nitrogens is 1. The van der Waals surface area contributed by atoms with Gasteiger partial charge in [-0.25, -0.2) is 0 Å². The van der Waals surface area contributed by atoms with Crippen LogP contribution in [0.3, 0.4) is 0 Å². The van der Waals surface area contributed by atoms with Gasteiger partial charge in [-0.2, -0.15) is 14.0 Å². The first-order chi connectivity index (χ1) is 14.3. The molecule has 0 aliphatic carbocycles. The highest BCUT2D eigenvalue weighted by Crippen LogP contribution is 2.23. The third-order valence-corrected chi connectivity index (χ3v) is 4.64. The van der Waals surface area contributed by atoms with Crippen molar-refractivity contribution in [3.63, 3.8) is 0 Å². The van der Waals surface area contributed by atoms with Crippen molar-refractivity contribution >= 4 is 12.0 Å². The van der Waals surface area contributed by atoms with Gasteiger partial charge in [-0.15, -0.1) is 0 Å². The van der Waals surface area contributed by atoms with Gasteiger partial charge in [0.05, 0.1) is 12.6 Å². The lowest BCUT2D eigenvalue weighted by atomic mass is 10.1. The molecule has 1 heterocycles. The number of ether oxygens (including phenoxy) is 2. The van der Waals surface area contributed by atoms with E-state index in [-0.39, 0.29) is 23.9 Å². The van der Waals surface area contributed by atoms with Gasteiger partial charge in [-0.05, 0) is 56.2 Å². The fourth-order valence-electron chi connectivity index (χ4n) is 3.31. The highest BCUT2D eigenvalue weighted by molar-refractivity contribution is 6.01. The second kappa shape index (κ2) is 10.6. The van der Waals surface area contributed by atoms with Gasteiger partial charge in [0.25, 0.3) is 5.91 Å². The van der Waals surface area contributed by atoms with Gasteiger partial charge in [0.1, 0.15) is 17.4 Å². The van der Waals surface area contributed by atoms with Crippen LogP contribution < -0.4 is 10.1 Å². The number of aryl methyl sites for hydroxylation is 1. The molecule has 1 amide bonds. The summed E-state index contributed by atoms with van der Waals surface area (Å²) >= 11 is 0. The molecule has 160 valence electrons. The maximum Gasteiger partial charge on any atom is 0.387 e. The van der Waals surface area contributed by atoms with E-state index in [1.807, 2.05) is 32.9 Å². The normalized spacial score (nSPS) is 12.5. The Kier molecular flexibility index (Phi) is 8.13. The van der Waals surface area contributed by atoms with Crippen molar-refractivity contribution in [3.05, 3.63) is 58.4 Å². The number of alkyl halides is 2. The van der Waals surface area contributed by atoms with E-state index in [1.165, 1.54) is 12.1 Å². The molecular formula is C22H25F2N3O3. The molecule has 2 rings (SSSR count). The molecule has 2 aromatic rings. The summed E-state index contributed by atoms with van der Waals surface area (Å²) in [5, 5.41) is 12.1. The first-order valence-electron chi connectivity index (χ1n) is 9.38. The van der Waals surface area contributed by atoms with Crippen LogP contribution >= 0.6 is 0 Å². The summed E-state index contributed by atoms with van der Waals surface area (Å²) < 4.78 is 36.0. The summed E-state index contributed by atoms with van der Waals surface area (Å²) in [5.41, 5.74) is 3.40. The summed E-state index contributed by atoms with van der Waals surface area (Å²) in [5.74, 6) is -0.476. The second-order valence-electron chi connectivity index (χ2n) is 6.88. The molecule has 0 bridgehead atoms. The SMILES string of the molecule is COCC(C)n1c(C)cc(/C=C(/C#N)C(=O)NCc2ccc(OC(F)F)cc2)c1C. The topological polar surface area (TPSA) is 76.3 Å². The van der Waals surface area contributed by atoms with Crippen molar-refractivity contribution in [2.75, 3.05) is 13.7 Å². The number of nitriles is 1. The Morgan fingerprint density at radius 3 is 2.53 bits per heavy atom. The van der Waals surface area contributed by atoms with Gasteiger partial charge in [-0.3, -0.25) is 4.79 Å². The Labute approximate surface area is 174 Å². The van der Waals surface area contributed by atoms with Crippen molar-refractivity contribution in [1.82, 2.24) is 9.88 Å². The van der Waals surface area contributed by atoms with Crippen LogP contribution in [0.5, 0.6) is 5.75 Å². The first-order valence-corrected chi connectivity index (χ1v) is 9.38.